The van der Waals surface area contributed by atoms with Crippen molar-refractivity contribution >= 4 is 15.9 Å². The number of amides is 1. The van der Waals surface area contributed by atoms with Crippen LogP contribution in [0.2, 0.25) is 0 Å². The average Bonchev–Trinajstić information content (AvgIpc) is 2.61. The molecule has 2 aromatic carbocycles. The summed E-state index contributed by atoms with van der Waals surface area (Å²) < 4.78 is 45.1. The zero-order valence-corrected chi connectivity index (χ0v) is 15.6. The van der Waals surface area contributed by atoms with E-state index in [1.807, 2.05) is 0 Å². The molecule has 2 N–H and O–H groups in total. The van der Waals surface area contributed by atoms with Crippen molar-refractivity contribution in [3.05, 3.63) is 59.4 Å². The molecule has 2 rings (SSSR count). The number of hydrogen-bond acceptors (Lipinski definition) is 4. The predicted molar refractivity (Wildman–Crippen MR) is 96.1 cm³/mol. The third-order valence-corrected chi connectivity index (χ3v) is 5.33. The molecular weight excluding hydrogens is 359 g/mol. The van der Waals surface area contributed by atoms with Crippen LogP contribution >= 0.6 is 0 Å². The van der Waals surface area contributed by atoms with E-state index in [4.69, 9.17) is 4.74 Å². The van der Waals surface area contributed by atoms with E-state index in [-0.39, 0.29) is 34.6 Å². The molecule has 1 atom stereocenters. The van der Waals surface area contributed by atoms with E-state index in [1.165, 1.54) is 37.4 Å². The lowest BCUT2D eigenvalue weighted by atomic mass is 10.1. The maximum Gasteiger partial charge on any atom is 0.251 e. The molecule has 8 heteroatoms. The van der Waals surface area contributed by atoms with Crippen molar-refractivity contribution in [3.8, 4) is 5.75 Å². The molecule has 0 aliphatic heterocycles. The smallest absolute Gasteiger partial charge is 0.251 e. The Morgan fingerprint density at radius 1 is 1.19 bits per heavy atom. The van der Waals surface area contributed by atoms with Gasteiger partial charge in [-0.25, -0.2) is 17.5 Å². The molecule has 1 amide bonds. The number of methoxy groups -OCH3 is 1. The number of hydrogen-bond donors (Lipinski definition) is 2. The summed E-state index contributed by atoms with van der Waals surface area (Å²) in [7, 11) is -2.43. The highest BCUT2D eigenvalue weighted by atomic mass is 32.2. The van der Waals surface area contributed by atoms with Crippen LogP contribution in [-0.2, 0) is 10.0 Å². The zero-order chi connectivity index (χ0) is 19.3. The number of carbonyl (C=O) groups excluding carboxylic acids is 1. The summed E-state index contributed by atoms with van der Waals surface area (Å²) in [4.78, 5) is 12.4. The van der Waals surface area contributed by atoms with E-state index < -0.39 is 15.9 Å². The van der Waals surface area contributed by atoms with Crippen LogP contribution in [0, 0.1) is 5.82 Å². The molecule has 0 fully saturated rings. The Labute approximate surface area is 152 Å². The van der Waals surface area contributed by atoms with Crippen molar-refractivity contribution in [2.45, 2.75) is 24.8 Å². The molecule has 0 unspecified atom stereocenters. The highest BCUT2D eigenvalue weighted by Gasteiger charge is 2.21. The summed E-state index contributed by atoms with van der Waals surface area (Å²) in [5.41, 5.74) is 0.907. The molecule has 6 nitrogen and oxygen atoms in total. The summed E-state index contributed by atoms with van der Waals surface area (Å²) in [5, 5.41) is 2.76. The van der Waals surface area contributed by atoms with Gasteiger partial charge in [0.15, 0.2) is 0 Å². The molecule has 0 aromatic heterocycles. The summed E-state index contributed by atoms with van der Waals surface area (Å²) in [6.07, 6.45) is 0. The molecule has 0 aliphatic rings. The summed E-state index contributed by atoms with van der Waals surface area (Å²) in [6, 6.07) is 9.59. The predicted octanol–water partition coefficient (Wildman–Crippen LogP) is 2.62. The summed E-state index contributed by atoms with van der Waals surface area (Å²) in [5.74, 6) is -0.660. The standard InChI is InChI=1S/C18H21FN2O4S/c1-4-20-26(23,24)17-11-14(7-10-16(17)25-3)18(22)21-12(2)13-5-8-15(19)9-6-13/h5-12,20H,4H2,1-3H3,(H,21,22)/t12-/m1/s1. The maximum atomic E-state index is 13.0. The second kappa shape index (κ2) is 8.29. The minimum atomic E-state index is -3.79. The number of carbonyl (C=O) groups is 1. The van der Waals surface area contributed by atoms with Gasteiger partial charge in [0.1, 0.15) is 16.5 Å². The van der Waals surface area contributed by atoms with Crippen LogP contribution in [0.4, 0.5) is 4.39 Å². The highest BCUT2D eigenvalue weighted by molar-refractivity contribution is 7.89. The van der Waals surface area contributed by atoms with Gasteiger partial charge in [-0.2, -0.15) is 0 Å². The highest BCUT2D eigenvalue weighted by Crippen LogP contribution is 2.25. The lowest BCUT2D eigenvalue weighted by molar-refractivity contribution is 0.0939. The van der Waals surface area contributed by atoms with Crippen LogP contribution in [0.25, 0.3) is 0 Å². The Morgan fingerprint density at radius 2 is 1.85 bits per heavy atom. The molecule has 0 spiro atoms. The Kier molecular flexibility index (Phi) is 6.33. The van der Waals surface area contributed by atoms with E-state index in [9.17, 15) is 17.6 Å². The van der Waals surface area contributed by atoms with E-state index in [1.54, 1.807) is 26.0 Å². The second-order valence-electron chi connectivity index (χ2n) is 5.61. The van der Waals surface area contributed by atoms with Crippen molar-refractivity contribution in [2.24, 2.45) is 0 Å². The SMILES string of the molecule is CCNS(=O)(=O)c1cc(C(=O)N[C@H](C)c2ccc(F)cc2)ccc1OC. The van der Waals surface area contributed by atoms with E-state index in [0.29, 0.717) is 0 Å². The first-order chi connectivity index (χ1) is 12.3. The molecule has 0 heterocycles. The molecule has 0 saturated heterocycles. The fourth-order valence-corrected chi connectivity index (χ4v) is 3.64. The van der Waals surface area contributed by atoms with Gasteiger partial charge in [0.25, 0.3) is 5.91 Å². The summed E-state index contributed by atoms with van der Waals surface area (Å²) >= 11 is 0. The Morgan fingerprint density at radius 3 is 2.42 bits per heavy atom. The average molecular weight is 380 g/mol. The van der Waals surface area contributed by atoms with Crippen LogP contribution < -0.4 is 14.8 Å². The lowest BCUT2D eigenvalue weighted by Crippen LogP contribution is -2.28. The minimum absolute atomic E-state index is 0.107. The number of benzene rings is 2. The molecule has 26 heavy (non-hydrogen) atoms. The van der Waals surface area contributed by atoms with Crippen molar-refractivity contribution in [1.29, 1.82) is 0 Å². The minimum Gasteiger partial charge on any atom is -0.495 e. The number of nitrogens with one attached hydrogen (secondary N) is 2. The van der Waals surface area contributed by atoms with Crippen LogP contribution in [0.15, 0.2) is 47.4 Å². The van der Waals surface area contributed by atoms with Crippen molar-refractivity contribution in [3.63, 3.8) is 0 Å². The molecule has 0 saturated carbocycles. The second-order valence-corrected chi connectivity index (χ2v) is 7.35. The van der Waals surface area contributed by atoms with Gasteiger partial charge in [0, 0.05) is 12.1 Å². The van der Waals surface area contributed by atoms with Gasteiger partial charge in [-0.3, -0.25) is 4.79 Å². The van der Waals surface area contributed by atoms with Gasteiger partial charge in [-0.05, 0) is 42.8 Å². The quantitative estimate of drug-likeness (QED) is 0.773. The molecular formula is C18H21FN2O4S. The van der Waals surface area contributed by atoms with Crippen LogP contribution in [0.1, 0.15) is 35.8 Å². The first-order valence-corrected chi connectivity index (χ1v) is 9.50. The van der Waals surface area contributed by atoms with Crippen molar-refractivity contribution in [2.75, 3.05) is 13.7 Å². The monoisotopic (exact) mass is 380 g/mol. The van der Waals surface area contributed by atoms with Gasteiger partial charge in [-0.15, -0.1) is 0 Å². The van der Waals surface area contributed by atoms with E-state index in [2.05, 4.69) is 10.0 Å². The van der Waals surface area contributed by atoms with Gasteiger partial charge >= 0.3 is 0 Å². The number of rotatable bonds is 7. The normalized spacial score (nSPS) is 12.5. The van der Waals surface area contributed by atoms with Gasteiger partial charge in [0.2, 0.25) is 10.0 Å². The molecule has 0 bridgehead atoms. The van der Waals surface area contributed by atoms with Crippen LogP contribution in [0.5, 0.6) is 5.75 Å². The molecule has 0 radical (unpaired) electrons. The fourth-order valence-electron chi connectivity index (χ4n) is 2.41. The zero-order valence-electron chi connectivity index (χ0n) is 14.7. The maximum absolute atomic E-state index is 13.0. The van der Waals surface area contributed by atoms with Crippen molar-refractivity contribution < 1.29 is 22.3 Å². The van der Waals surface area contributed by atoms with Gasteiger partial charge in [-0.1, -0.05) is 19.1 Å². The van der Waals surface area contributed by atoms with Gasteiger partial charge < -0.3 is 10.1 Å². The van der Waals surface area contributed by atoms with E-state index >= 15 is 0 Å². The summed E-state index contributed by atoms with van der Waals surface area (Å²) in [6.45, 7) is 3.62. The molecule has 0 aliphatic carbocycles. The molecule has 140 valence electrons. The van der Waals surface area contributed by atoms with Gasteiger partial charge in [0.05, 0.1) is 13.2 Å². The number of sulfonamides is 1. The number of ether oxygens (including phenoxy) is 1. The fraction of sp³-hybridized carbons (Fsp3) is 0.278. The van der Waals surface area contributed by atoms with Crippen molar-refractivity contribution in [1.82, 2.24) is 10.0 Å². The van der Waals surface area contributed by atoms with Crippen LogP contribution in [-0.4, -0.2) is 28.0 Å². The first-order valence-electron chi connectivity index (χ1n) is 8.02. The van der Waals surface area contributed by atoms with E-state index in [0.717, 1.165) is 5.56 Å². The largest absolute Gasteiger partial charge is 0.495 e. The molecule has 2 aromatic rings. The third-order valence-electron chi connectivity index (χ3n) is 3.77. The topological polar surface area (TPSA) is 84.5 Å². The van der Waals surface area contributed by atoms with Crippen LogP contribution in [0.3, 0.4) is 0 Å². The Hall–Kier alpha value is -2.45. The third kappa shape index (κ3) is 4.59. The first kappa shape index (κ1) is 19.9. The Balaban J connectivity index is 2.27. The number of halogens is 1. The Bertz CT molecular complexity index is 883. The lowest BCUT2D eigenvalue weighted by Gasteiger charge is -2.16.